The van der Waals surface area contributed by atoms with Gasteiger partial charge in [-0.2, -0.15) is 0 Å². The molecule has 0 aliphatic carbocycles. The molecule has 13 heavy (non-hydrogen) atoms. The van der Waals surface area contributed by atoms with Crippen LogP contribution in [0.3, 0.4) is 0 Å². The molecule has 0 aromatic heterocycles. The van der Waals surface area contributed by atoms with Crippen molar-refractivity contribution in [3.8, 4) is 0 Å². The van der Waals surface area contributed by atoms with Crippen molar-refractivity contribution in [2.45, 2.75) is 20.8 Å². The molecule has 0 unspecified atom stereocenters. The Balaban J connectivity index is 0.000000671. The van der Waals surface area contributed by atoms with Crippen LogP contribution in [0.15, 0.2) is 18.2 Å². The molecule has 0 heterocycles. The number of rotatable bonds is 1. The zero-order valence-electron chi connectivity index (χ0n) is 8.19. The van der Waals surface area contributed by atoms with Gasteiger partial charge in [0.2, 0.25) is 0 Å². The molecule has 0 aliphatic rings. The highest BCUT2D eigenvalue weighted by Gasteiger charge is 2.01. The number of halogens is 1. The molecular weight excluding hydrogens is 184 g/mol. The van der Waals surface area contributed by atoms with Crippen LogP contribution in [0, 0.1) is 12.3 Å². The summed E-state index contributed by atoms with van der Waals surface area (Å²) in [4.78, 5) is 0. The van der Waals surface area contributed by atoms with E-state index in [4.69, 9.17) is 22.7 Å². The van der Waals surface area contributed by atoms with Gasteiger partial charge in [0, 0.05) is 5.56 Å². The monoisotopic (exact) mass is 198 g/mol. The Kier molecular flexibility index (Phi) is 5.16. The minimum Gasteiger partial charge on any atom is -0.384 e. The van der Waals surface area contributed by atoms with Crippen molar-refractivity contribution in [3.05, 3.63) is 34.3 Å². The lowest BCUT2D eigenvalue weighted by Gasteiger charge is -2.01. The van der Waals surface area contributed by atoms with Gasteiger partial charge in [0.25, 0.3) is 0 Å². The normalized spacial score (nSPS) is 8.62. The van der Waals surface area contributed by atoms with E-state index >= 15 is 0 Å². The number of nitrogen functional groups attached to an aromatic ring is 1. The first-order valence-electron chi connectivity index (χ1n) is 4.22. The molecule has 0 spiro atoms. The summed E-state index contributed by atoms with van der Waals surface area (Å²) in [6, 6.07) is 5.42. The number of aryl methyl sites for hydroxylation is 1. The number of benzene rings is 1. The third-order valence-corrected chi connectivity index (χ3v) is 1.73. The Morgan fingerprint density at radius 1 is 1.38 bits per heavy atom. The zero-order chi connectivity index (χ0) is 10.4. The maximum atomic E-state index is 7.14. The highest BCUT2D eigenvalue weighted by molar-refractivity contribution is 6.33. The zero-order valence-corrected chi connectivity index (χ0v) is 8.94. The molecule has 0 bridgehead atoms. The number of nitrogens with two attached hydrogens (primary N) is 1. The second-order valence-electron chi connectivity index (χ2n) is 2.40. The standard InChI is InChI=1S/C8H9ClN2.C2H6/c1-5-2-3-6(8(10)11)7(9)4-5;1-2/h2-4H,1H3,(H3,10,11);1-2H3. The topological polar surface area (TPSA) is 49.9 Å². The first-order valence-corrected chi connectivity index (χ1v) is 4.59. The largest absolute Gasteiger partial charge is 0.384 e. The van der Waals surface area contributed by atoms with Crippen LogP contribution in [0.1, 0.15) is 25.0 Å². The van der Waals surface area contributed by atoms with E-state index in [9.17, 15) is 0 Å². The Labute approximate surface area is 84.2 Å². The second kappa shape index (κ2) is 5.60. The first-order chi connectivity index (χ1) is 6.11. The minimum atomic E-state index is 0.00926. The minimum absolute atomic E-state index is 0.00926. The smallest absolute Gasteiger partial charge is 0.124 e. The van der Waals surface area contributed by atoms with E-state index in [1.54, 1.807) is 12.1 Å². The summed E-state index contributed by atoms with van der Waals surface area (Å²) >= 11 is 5.80. The van der Waals surface area contributed by atoms with Crippen molar-refractivity contribution in [3.63, 3.8) is 0 Å². The summed E-state index contributed by atoms with van der Waals surface area (Å²) < 4.78 is 0. The molecule has 0 fully saturated rings. The van der Waals surface area contributed by atoms with Crippen LogP contribution in [0.4, 0.5) is 0 Å². The molecule has 0 amide bonds. The molecule has 3 heteroatoms. The summed E-state index contributed by atoms with van der Waals surface area (Å²) in [5, 5.41) is 7.68. The van der Waals surface area contributed by atoms with Gasteiger partial charge in [0.15, 0.2) is 0 Å². The Morgan fingerprint density at radius 2 is 1.92 bits per heavy atom. The lowest BCUT2D eigenvalue weighted by atomic mass is 10.1. The number of amidine groups is 1. The summed E-state index contributed by atoms with van der Waals surface area (Å²) in [5.74, 6) is 0.00926. The van der Waals surface area contributed by atoms with Crippen LogP contribution < -0.4 is 5.73 Å². The SMILES string of the molecule is CC.Cc1ccc(C(=N)N)c(Cl)c1. The molecule has 0 atom stereocenters. The molecule has 3 N–H and O–H groups in total. The van der Waals surface area contributed by atoms with Gasteiger partial charge in [-0.25, -0.2) is 0 Å². The average molecular weight is 199 g/mol. The number of hydrogen-bond acceptors (Lipinski definition) is 1. The van der Waals surface area contributed by atoms with Crippen LogP contribution in [0.5, 0.6) is 0 Å². The van der Waals surface area contributed by atoms with Crippen molar-refractivity contribution >= 4 is 17.4 Å². The van der Waals surface area contributed by atoms with Gasteiger partial charge in [-0.05, 0) is 24.6 Å². The van der Waals surface area contributed by atoms with E-state index in [1.165, 1.54) is 0 Å². The second-order valence-corrected chi connectivity index (χ2v) is 2.80. The fourth-order valence-electron chi connectivity index (χ4n) is 0.839. The summed E-state index contributed by atoms with van der Waals surface area (Å²) in [5.41, 5.74) is 6.93. The van der Waals surface area contributed by atoms with E-state index in [2.05, 4.69) is 0 Å². The lowest BCUT2D eigenvalue weighted by Crippen LogP contribution is -2.11. The summed E-state index contributed by atoms with van der Waals surface area (Å²) in [6.45, 7) is 5.94. The molecule has 0 aliphatic heterocycles. The fourth-order valence-corrected chi connectivity index (χ4v) is 1.18. The number of nitrogens with one attached hydrogen (secondary N) is 1. The Bertz CT molecular complexity index is 295. The van der Waals surface area contributed by atoms with E-state index in [1.807, 2.05) is 26.8 Å². The van der Waals surface area contributed by atoms with Crippen molar-refractivity contribution in [1.29, 1.82) is 5.41 Å². The molecule has 0 saturated heterocycles. The van der Waals surface area contributed by atoms with E-state index in [-0.39, 0.29) is 5.84 Å². The third kappa shape index (κ3) is 3.47. The molecule has 72 valence electrons. The quantitative estimate of drug-likeness (QED) is 0.529. The molecule has 1 rings (SSSR count). The maximum Gasteiger partial charge on any atom is 0.124 e. The van der Waals surface area contributed by atoms with Crippen molar-refractivity contribution < 1.29 is 0 Å². The lowest BCUT2D eigenvalue weighted by molar-refractivity contribution is 1.40. The molecule has 0 radical (unpaired) electrons. The van der Waals surface area contributed by atoms with Gasteiger partial charge in [-0.3, -0.25) is 5.41 Å². The van der Waals surface area contributed by atoms with E-state index in [0.717, 1.165) is 5.56 Å². The molecule has 2 nitrogen and oxygen atoms in total. The van der Waals surface area contributed by atoms with Gasteiger partial charge < -0.3 is 5.73 Å². The van der Waals surface area contributed by atoms with Crippen LogP contribution in [0.25, 0.3) is 0 Å². The van der Waals surface area contributed by atoms with Crippen LogP contribution in [-0.4, -0.2) is 5.84 Å². The Morgan fingerprint density at radius 3 is 2.31 bits per heavy atom. The van der Waals surface area contributed by atoms with Gasteiger partial charge in [0.1, 0.15) is 5.84 Å². The van der Waals surface area contributed by atoms with Crippen molar-refractivity contribution in [2.75, 3.05) is 0 Å². The van der Waals surface area contributed by atoms with E-state index < -0.39 is 0 Å². The Hall–Kier alpha value is -1.02. The van der Waals surface area contributed by atoms with Gasteiger partial charge >= 0.3 is 0 Å². The number of hydrogen-bond donors (Lipinski definition) is 2. The van der Waals surface area contributed by atoms with Crippen molar-refractivity contribution in [1.82, 2.24) is 0 Å². The molecule has 1 aromatic carbocycles. The van der Waals surface area contributed by atoms with Crippen LogP contribution in [0.2, 0.25) is 5.02 Å². The van der Waals surface area contributed by atoms with E-state index in [0.29, 0.717) is 10.6 Å². The third-order valence-electron chi connectivity index (χ3n) is 1.41. The predicted octanol–water partition coefficient (Wildman–Crippen LogP) is 2.96. The first kappa shape index (κ1) is 12.0. The predicted molar refractivity (Wildman–Crippen MR) is 58.6 cm³/mol. The highest BCUT2D eigenvalue weighted by atomic mass is 35.5. The molecule has 1 aromatic rings. The molecule has 0 saturated carbocycles. The van der Waals surface area contributed by atoms with Crippen molar-refractivity contribution in [2.24, 2.45) is 5.73 Å². The highest BCUT2D eigenvalue weighted by Crippen LogP contribution is 2.16. The molecular formula is C10H15ClN2. The van der Waals surface area contributed by atoms with Gasteiger partial charge in [0.05, 0.1) is 5.02 Å². The van der Waals surface area contributed by atoms with Crippen LogP contribution in [-0.2, 0) is 0 Å². The summed E-state index contributed by atoms with van der Waals surface area (Å²) in [7, 11) is 0. The summed E-state index contributed by atoms with van der Waals surface area (Å²) in [6.07, 6.45) is 0. The van der Waals surface area contributed by atoms with Gasteiger partial charge in [-0.1, -0.05) is 31.5 Å². The van der Waals surface area contributed by atoms with Crippen LogP contribution >= 0.6 is 11.6 Å². The fraction of sp³-hybridized carbons (Fsp3) is 0.300. The maximum absolute atomic E-state index is 7.14. The van der Waals surface area contributed by atoms with Gasteiger partial charge in [-0.15, -0.1) is 0 Å². The average Bonchev–Trinajstić information content (AvgIpc) is 2.07.